The van der Waals surface area contributed by atoms with Gasteiger partial charge in [-0.2, -0.15) is 5.26 Å². The summed E-state index contributed by atoms with van der Waals surface area (Å²) in [6.45, 7) is 1.91. The van der Waals surface area contributed by atoms with E-state index in [0.717, 1.165) is 5.01 Å². The van der Waals surface area contributed by atoms with Crippen LogP contribution in [0.1, 0.15) is 23.5 Å². The van der Waals surface area contributed by atoms with Crippen LogP contribution in [0.3, 0.4) is 0 Å². The molecule has 2 aromatic rings. The van der Waals surface area contributed by atoms with E-state index in [1.807, 2.05) is 18.4 Å². The Morgan fingerprint density at radius 3 is 2.94 bits per heavy atom. The molecular weight excluding hydrogens is 237 g/mol. The van der Waals surface area contributed by atoms with Gasteiger partial charge in [-0.1, -0.05) is 0 Å². The molecule has 0 saturated carbocycles. The van der Waals surface area contributed by atoms with E-state index in [-0.39, 0.29) is 6.04 Å². The van der Waals surface area contributed by atoms with Gasteiger partial charge >= 0.3 is 0 Å². The Labute approximate surface area is 103 Å². The van der Waals surface area contributed by atoms with Crippen LogP contribution >= 0.6 is 11.3 Å². The van der Waals surface area contributed by atoms with Gasteiger partial charge in [-0.3, -0.25) is 0 Å². The summed E-state index contributed by atoms with van der Waals surface area (Å²) in [5.74, 6) is -0.424. The van der Waals surface area contributed by atoms with Crippen molar-refractivity contribution in [2.24, 2.45) is 0 Å². The van der Waals surface area contributed by atoms with Gasteiger partial charge in [-0.05, 0) is 25.1 Å². The molecule has 17 heavy (non-hydrogen) atoms. The van der Waals surface area contributed by atoms with Gasteiger partial charge in [0.1, 0.15) is 10.8 Å². The first-order valence-electron chi connectivity index (χ1n) is 5.06. The van der Waals surface area contributed by atoms with Crippen molar-refractivity contribution in [3.63, 3.8) is 0 Å². The third kappa shape index (κ3) is 2.60. The second-order valence-electron chi connectivity index (χ2n) is 3.54. The number of nitrogens with one attached hydrogen (secondary N) is 1. The molecule has 0 amide bonds. The van der Waals surface area contributed by atoms with Crippen LogP contribution in [0.4, 0.5) is 10.1 Å². The van der Waals surface area contributed by atoms with Gasteiger partial charge in [-0.25, -0.2) is 9.37 Å². The smallest absolute Gasteiger partial charge is 0.147 e. The Morgan fingerprint density at radius 2 is 2.35 bits per heavy atom. The zero-order valence-corrected chi connectivity index (χ0v) is 9.96. The van der Waals surface area contributed by atoms with Crippen molar-refractivity contribution >= 4 is 17.0 Å². The van der Waals surface area contributed by atoms with Gasteiger partial charge in [0.05, 0.1) is 23.4 Å². The molecule has 1 N–H and O–H groups in total. The minimum Gasteiger partial charge on any atom is -0.374 e. The number of anilines is 1. The number of halogens is 1. The van der Waals surface area contributed by atoms with Crippen LogP contribution in [0.5, 0.6) is 0 Å². The molecule has 1 heterocycles. The summed E-state index contributed by atoms with van der Waals surface area (Å²) in [5.41, 5.74) is 0.696. The van der Waals surface area contributed by atoms with Crippen molar-refractivity contribution in [1.82, 2.24) is 4.98 Å². The van der Waals surface area contributed by atoms with Crippen LogP contribution < -0.4 is 5.32 Å². The lowest BCUT2D eigenvalue weighted by molar-refractivity contribution is 0.627. The molecule has 1 aromatic heterocycles. The quantitative estimate of drug-likeness (QED) is 0.905. The van der Waals surface area contributed by atoms with Crippen LogP contribution in [-0.4, -0.2) is 4.98 Å². The molecule has 0 aliphatic heterocycles. The van der Waals surface area contributed by atoms with Crippen LogP contribution in [0, 0.1) is 17.1 Å². The molecular formula is C12H10FN3S. The summed E-state index contributed by atoms with van der Waals surface area (Å²) >= 11 is 1.52. The second kappa shape index (κ2) is 4.93. The van der Waals surface area contributed by atoms with E-state index < -0.39 is 5.82 Å². The molecule has 0 aliphatic rings. The van der Waals surface area contributed by atoms with E-state index in [9.17, 15) is 4.39 Å². The molecule has 86 valence electrons. The lowest BCUT2D eigenvalue weighted by atomic mass is 10.2. The largest absolute Gasteiger partial charge is 0.374 e. The SMILES string of the molecule is CC(Nc1ccc(C#N)cc1F)c1nccs1. The molecule has 1 unspecified atom stereocenters. The summed E-state index contributed by atoms with van der Waals surface area (Å²) in [6, 6.07) is 6.21. The average molecular weight is 247 g/mol. The molecule has 0 aliphatic carbocycles. The topological polar surface area (TPSA) is 48.7 Å². The van der Waals surface area contributed by atoms with Crippen molar-refractivity contribution in [1.29, 1.82) is 5.26 Å². The van der Waals surface area contributed by atoms with E-state index in [4.69, 9.17) is 5.26 Å². The Hall–Kier alpha value is -1.93. The Bertz CT molecular complexity index is 545. The van der Waals surface area contributed by atoms with Crippen LogP contribution in [-0.2, 0) is 0 Å². The van der Waals surface area contributed by atoms with E-state index in [0.29, 0.717) is 11.3 Å². The minimum atomic E-state index is -0.424. The van der Waals surface area contributed by atoms with Crippen molar-refractivity contribution in [2.75, 3.05) is 5.32 Å². The molecule has 1 aromatic carbocycles. The predicted molar refractivity (Wildman–Crippen MR) is 65.3 cm³/mol. The van der Waals surface area contributed by atoms with E-state index in [2.05, 4.69) is 10.3 Å². The third-order valence-electron chi connectivity index (χ3n) is 2.29. The fraction of sp³-hybridized carbons (Fsp3) is 0.167. The van der Waals surface area contributed by atoms with E-state index in [1.165, 1.54) is 17.4 Å². The number of hydrogen-bond donors (Lipinski definition) is 1. The molecule has 2 rings (SSSR count). The summed E-state index contributed by atoms with van der Waals surface area (Å²) in [7, 11) is 0. The Kier molecular flexibility index (Phi) is 3.35. The van der Waals surface area contributed by atoms with Crippen LogP contribution in [0.25, 0.3) is 0 Å². The lowest BCUT2D eigenvalue weighted by Gasteiger charge is -2.13. The third-order valence-corrected chi connectivity index (χ3v) is 3.25. The first kappa shape index (κ1) is 11.6. The van der Waals surface area contributed by atoms with E-state index in [1.54, 1.807) is 18.3 Å². The standard InChI is InChI=1S/C12H10FN3S/c1-8(12-15-4-5-17-12)16-11-3-2-9(7-14)6-10(11)13/h2-6,8,16H,1H3. The number of nitriles is 1. The van der Waals surface area contributed by atoms with Gasteiger partial charge in [0, 0.05) is 11.6 Å². The molecule has 0 bridgehead atoms. The number of benzene rings is 1. The summed E-state index contributed by atoms with van der Waals surface area (Å²) < 4.78 is 13.6. The maximum atomic E-state index is 13.6. The van der Waals surface area contributed by atoms with Gasteiger partial charge in [-0.15, -0.1) is 11.3 Å². The summed E-state index contributed by atoms with van der Waals surface area (Å²) in [4.78, 5) is 4.16. The fourth-order valence-corrected chi connectivity index (χ4v) is 2.09. The highest BCUT2D eigenvalue weighted by atomic mass is 32.1. The van der Waals surface area contributed by atoms with Gasteiger partial charge < -0.3 is 5.32 Å². The zero-order valence-electron chi connectivity index (χ0n) is 9.14. The fourth-order valence-electron chi connectivity index (χ4n) is 1.45. The van der Waals surface area contributed by atoms with Crippen LogP contribution in [0.15, 0.2) is 29.8 Å². The molecule has 0 fully saturated rings. The first-order chi connectivity index (χ1) is 8.20. The Morgan fingerprint density at radius 1 is 1.53 bits per heavy atom. The highest BCUT2D eigenvalue weighted by Gasteiger charge is 2.10. The van der Waals surface area contributed by atoms with Crippen molar-refractivity contribution < 1.29 is 4.39 Å². The number of rotatable bonds is 3. The Balaban J connectivity index is 2.17. The molecule has 3 nitrogen and oxygen atoms in total. The van der Waals surface area contributed by atoms with Crippen LogP contribution in [0.2, 0.25) is 0 Å². The maximum absolute atomic E-state index is 13.6. The van der Waals surface area contributed by atoms with Gasteiger partial charge in [0.2, 0.25) is 0 Å². The number of nitrogens with zero attached hydrogens (tertiary/aromatic N) is 2. The number of hydrogen-bond acceptors (Lipinski definition) is 4. The average Bonchev–Trinajstić information content (AvgIpc) is 2.85. The van der Waals surface area contributed by atoms with Crippen molar-refractivity contribution in [3.8, 4) is 6.07 Å². The molecule has 5 heteroatoms. The highest BCUT2D eigenvalue weighted by Crippen LogP contribution is 2.23. The monoisotopic (exact) mass is 247 g/mol. The predicted octanol–water partition coefficient (Wildman–Crippen LogP) is 3.33. The normalized spacial score (nSPS) is 11.8. The molecule has 1 atom stereocenters. The molecule has 0 spiro atoms. The number of thiazole rings is 1. The second-order valence-corrected chi connectivity index (χ2v) is 4.47. The van der Waals surface area contributed by atoms with Gasteiger partial charge in [0.25, 0.3) is 0 Å². The maximum Gasteiger partial charge on any atom is 0.147 e. The molecule has 0 saturated heterocycles. The number of aromatic nitrogens is 1. The molecule has 0 radical (unpaired) electrons. The highest BCUT2D eigenvalue weighted by molar-refractivity contribution is 7.09. The summed E-state index contributed by atoms with van der Waals surface area (Å²) in [6.07, 6.45) is 1.72. The lowest BCUT2D eigenvalue weighted by Crippen LogP contribution is -2.07. The minimum absolute atomic E-state index is 0.0579. The van der Waals surface area contributed by atoms with Crippen molar-refractivity contribution in [3.05, 3.63) is 46.2 Å². The van der Waals surface area contributed by atoms with Crippen molar-refractivity contribution in [2.45, 2.75) is 13.0 Å². The zero-order chi connectivity index (χ0) is 12.3. The van der Waals surface area contributed by atoms with Gasteiger partial charge in [0.15, 0.2) is 0 Å². The first-order valence-corrected chi connectivity index (χ1v) is 5.94. The summed E-state index contributed by atoms with van der Waals surface area (Å²) in [5, 5.41) is 14.4. The van der Waals surface area contributed by atoms with E-state index >= 15 is 0 Å².